The van der Waals surface area contributed by atoms with Gasteiger partial charge in [-0.3, -0.25) is 4.79 Å². The highest BCUT2D eigenvalue weighted by atomic mass is 16.8. The van der Waals surface area contributed by atoms with E-state index in [0.717, 1.165) is 38.5 Å². The fourth-order valence-electron chi connectivity index (χ4n) is 14.2. The summed E-state index contributed by atoms with van der Waals surface area (Å²) in [7, 11) is 0. The number of carbonyl (C=O) groups excluding carboxylic acids is 1. The van der Waals surface area contributed by atoms with Crippen molar-refractivity contribution < 1.29 is 89.4 Å². The minimum atomic E-state index is -1.98. The fourth-order valence-corrected chi connectivity index (χ4v) is 14.2. The molecule has 0 spiro atoms. The molecule has 99 heavy (non-hydrogen) atoms. The summed E-state index contributed by atoms with van der Waals surface area (Å²) in [6.07, 6.45) is 47.6. The third-order valence-corrected chi connectivity index (χ3v) is 20.8. The predicted octanol–water partition coefficient (Wildman–Crippen LogP) is 13.7. The van der Waals surface area contributed by atoms with Crippen LogP contribution in [0.15, 0.2) is 24.3 Å². The van der Waals surface area contributed by atoms with Crippen LogP contribution in [0.4, 0.5) is 0 Å². The van der Waals surface area contributed by atoms with Crippen molar-refractivity contribution in [2.24, 2.45) is 0 Å². The fraction of sp³-hybridized carbons (Fsp3) is 0.938. The van der Waals surface area contributed by atoms with Crippen LogP contribution >= 0.6 is 0 Å². The third-order valence-electron chi connectivity index (χ3n) is 20.8. The molecule has 3 fully saturated rings. The van der Waals surface area contributed by atoms with E-state index in [9.17, 15) is 61.0 Å². The molecule has 0 saturated carbocycles. The zero-order valence-electron chi connectivity index (χ0n) is 62.5. The molecule has 1 amide bonds. The number of nitrogens with one attached hydrogen (secondary N) is 1. The third kappa shape index (κ3) is 41.7. The van der Waals surface area contributed by atoms with Crippen molar-refractivity contribution in [3.8, 4) is 0 Å². The van der Waals surface area contributed by atoms with Crippen molar-refractivity contribution >= 4 is 5.91 Å². The molecule has 0 radical (unpaired) electrons. The van der Waals surface area contributed by atoms with Gasteiger partial charge in [-0.25, -0.2) is 0 Å². The van der Waals surface area contributed by atoms with Crippen LogP contribution < -0.4 is 5.32 Å². The second-order valence-electron chi connectivity index (χ2n) is 29.6. The van der Waals surface area contributed by atoms with E-state index in [1.807, 2.05) is 6.08 Å². The van der Waals surface area contributed by atoms with Gasteiger partial charge in [0.25, 0.3) is 0 Å². The number of aliphatic hydroxyl groups excluding tert-OH is 11. The van der Waals surface area contributed by atoms with Crippen molar-refractivity contribution in [3.63, 3.8) is 0 Å². The summed E-state index contributed by atoms with van der Waals surface area (Å²) in [6, 6.07) is -0.988. The summed E-state index contributed by atoms with van der Waals surface area (Å²) in [4.78, 5) is 13.5. The second kappa shape index (κ2) is 61.4. The van der Waals surface area contributed by atoms with Crippen molar-refractivity contribution in [2.75, 3.05) is 26.4 Å². The van der Waals surface area contributed by atoms with Gasteiger partial charge in [0.15, 0.2) is 18.9 Å². The Morgan fingerprint density at radius 1 is 0.354 bits per heavy atom. The molecule has 0 aromatic carbocycles. The van der Waals surface area contributed by atoms with Crippen LogP contribution in [0.1, 0.15) is 348 Å². The van der Waals surface area contributed by atoms with Crippen LogP contribution in [-0.4, -0.2) is 193 Å². The minimum Gasteiger partial charge on any atom is -0.394 e. The number of allylic oxidation sites excluding steroid dienone is 3. The number of unbranched alkanes of at least 4 members (excludes halogenated alkanes) is 48. The first-order valence-electron chi connectivity index (χ1n) is 41.1. The van der Waals surface area contributed by atoms with Gasteiger partial charge in [0.05, 0.1) is 38.6 Å². The van der Waals surface area contributed by atoms with E-state index >= 15 is 0 Å². The molecule has 584 valence electrons. The van der Waals surface area contributed by atoms with Gasteiger partial charge < -0.3 is 89.9 Å². The average molecular weight is 1420 g/mol. The second-order valence-corrected chi connectivity index (χ2v) is 29.6. The van der Waals surface area contributed by atoms with Crippen LogP contribution in [-0.2, 0) is 33.2 Å². The highest BCUT2D eigenvalue weighted by Gasteiger charge is 2.54. The summed E-state index contributed by atoms with van der Waals surface area (Å²) in [5, 5.41) is 121. The average Bonchev–Trinajstić information content (AvgIpc) is 0.893. The van der Waals surface area contributed by atoms with Crippen LogP contribution in [0.2, 0.25) is 0 Å². The number of carbonyl (C=O) groups is 1. The lowest BCUT2D eigenvalue weighted by Gasteiger charge is -2.48. The van der Waals surface area contributed by atoms with E-state index in [1.54, 1.807) is 6.08 Å². The molecule has 3 rings (SSSR count). The van der Waals surface area contributed by atoms with Gasteiger partial charge in [-0.05, 0) is 32.1 Å². The summed E-state index contributed by atoms with van der Waals surface area (Å²) < 4.78 is 34.4. The highest BCUT2D eigenvalue weighted by molar-refractivity contribution is 5.76. The number of ether oxygens (including phenoxy) is 6. The zero-order chi connectivity index (χ0) is 71.8. The molecule has 0 aromatic rings. The monoisotopic (exact) mass is 1410 g/mol. The lowest BCUT2D eigenvalue weighted by atomic mass is 9.96. The van der Waals surface area contributed by atoms with E-state index in [1.165, 1.54) is 276 Å². The van der Waals surface area contributed by atoms with Gasteiger partial charge in [0.1, 0.15) is 73.2 Å². The number of amides is 1. The van der Waals surface area contributed by atoms with Crippen LogP contribution in [0.3, 0.4) is 0 Å². The summed E-state index contributed by atoms with van der Waals surface area (Å²) in [6.45, 7) is 1.77. The van der Waals surface area contributed by atoms with Gasteiger partial charge in [-0.1, -0.05) is 334 Å². The maximum Gasteiger partial charge on any atom is 0.220 e. The zero-order valence-corrected chi connectivity index (χ0v) is 62.5. The van der Waals surface area contributed by atoms with E-state index in [0.29, 0.717) is 12.8 Å². The highest BCUT2D eigenvalue weighted by Crippen LogP contribution is 2.33. The van der Waals surface area contributed by atoms with Crippen molar-refractivity contribution in [2.45, 2.75) is 452 Å². The molecular formula is C80H151NO18. The molecule has 3 saturated heterocycles. The van der Waals surface area contributed by atoms with E-state index in [4.69, 9.17) is 28.4 Å². The first-order valence-corrected chi connectivity index (χ1v) is 41.1. The normalized spacial score (nSPS) is 26.7. The molecular weight excluding hydrogens is 1260 g/mol. The van der Waals surface area contributed by atoms with Gasteiger partial charge in [0, 0.05) is 6.42 Å². The smallest absolute Gasteiger partial charge is 0.220 e. The van der Waals surface area contributed by atoms with E-state index < -0.39 is 124 Å². The van der Waals surface area contributed by atoms with Gasteiger partial charge >= 0.3 is 0 Å². The Morgan fingerprint density at radius 3 is 1.01 bits per heavy atom. The molecule has 19 nitrogen and oxygen atoms in total. The molecule has 19 heteroatoms. The quantitative estimate of drug-likeness (QED) is 0.0199. The molecule has 3 aliphatic heterocycles. The standard InChI is InChI=1S/C80H151NO18/c1-3-5-7-9-11-13-15-17-19-21-23-25-26-27-28-29-30-31-32-33-34-35-36-37-38-40-42-44-46-48-50-52-54-56-58-68(86)81-63(64(85)57-55-53-51-49-47-45-43-41-39-24-22-20-18-16-14-12-10-8-6-4-2)62-94-78-74(92)71(89)76(66(60-83)96-78)99-80-75(93)72(90)77(67(61-84)97-80)98-79-73(91)70(88)69(87)65(59-82)95-79/h47,49,55,57,63-67,69-80,82-85,87-93H,3-46,48,50-54,56,58-62H2,1-2H3,(H,81,86)/b49-47+,57-55+. The molecule has 12 N–H and O–H groups in total. The lowest BCUT2D eigenvalue weighted by Crippen LogP contribution is -2.66. The molecule has 17 unspecified atom stereocenters. The largest absolute Gasteiger partial charge is 0.394 e. The maximum atomic E-state index is 13.5. The molecule has 3 heterocycles. The summed E-state index contributed by atoms with van der Waals surface area (Å²) in [5.41, 5.74) is 0. The Morgan fingerprint density at radius 2 is 0.646 bits per heavy atom. The minimum absolute atomic E-state index is 0.241. The Kier molecular flexibility index (Phi) is 56.8. The summed E-state index contributed by atoms with van der Waals surface area (Å²) >= 11 is 0. The van der Waals surface area contributed by atoms with Crippen molar-refractivity contribution in [1.29, 1.82) is 0 Å². The van der Waals surface area contributed by atoms with Gasteiger partial charge in [-0.15, -0.1) is 0 Å². The summed E-state index contributed by atoms with van der Waals surface area (Å²) in [5.74, 6) is -0.277. The Hall–Kier alpha value is -1.73. The molecule has 17 atom stereocenters. The first kappa shape index (κ1) is 91.5. The van der Waals surface area contributed by atoms with Crippen LogP contribution in [0.5, 0.6) is 0 Å². The molecule has 0 bridgehead atoms. The first-order chi connectivity index (χ1) is 48.3. The number of rotatable bonds is 66. The van der Waals surface area contributed by atoms with Crippen LogP contribution in [0, 0.1) is 0 Å². The van der Waals surface area contributed by atoms with Gasteiger partial charge in [-0.2, -0.15) is 0 Å². The number of hydrogen-bond acceptors (Lipinski definition) is 18. The van der Waals surface area contributed by atoms with Crippen LogP contribution in [0.25, 0.3) is 0 Å². The van der Waals surface area contributed by atoms with E-state index in [-0.39, 0.29) is 18.9 Å². The predicted molar refractivity (Wildman–Crippen MR) is 393 cm³/mol. The Balaban J connectivity index is 1.34. The number of aliphatic hydroxyl groups is 11. The molecule has 0 aromatic heterocycles. The Labute approximate surface area is 600 Å². The van der Waals surface area contributed by atoms with Crippen molar-refractivity contribution in [3.05, 3.63) is 24.3 Å². The van der Waals surface area contributed by atoms with E-state index in [2.05, 4.69) is 31.3 Å². The molecule has 0 aliphatic carbocycles. The molecule has 3 aliphatic rings. The topological polar surface area (TPSA) is 307 Å². The van der Waals surface area contributed by atoms with Crippen molar-refractivity contribution in [1.82, 2.24) is 5.32 Å². The maximum absolute atomic E-state index is 13.5. The van der Waals surface area contributed by atoms with Gasteiger partial charge in [0.2, 0.25) is 5.91 Å². The number of hydrogen-bond donors (Lipinski definition) is 12. The lowest BCUT2D eigenvalue weighted by molar-refractivity contribution is -0.379. The Bertz CT molecular complexity index is 1880. The SMILES string of the molecule is CCCCCCCCCCCCCCCC/C=C/CC/C=C/C(O)C(COC1OC(CO)C(OC2OC(CO)C(OC3OC(CO)C(O)C(O)C3O)C(O)C2O)C(O)C1O)NC(=O)CCCCCCCCCCCCCCCCCCCCCCCCCCCCCCCCCCCC.